The Labute approximate surface area is 134 Å². The Balaban J connectivity index is 2.49. The molecule has 0 aliphatic carbocycles. The summed E-state index contributed by atoms with van der Waals surface area (Å²) in [5.41, 5.74) is 7.06. The van der Waals surface area contributed by atoms with E-state index in [1.165, 1.54) is 6.07 Å². The van der Waals surface area contributed by atoms with Crippen LogP contribution in [0.4, 0.5) is 5.69 Å². The van der Waals surface area contributed by atoms with Crippen LogP contribution in [0.1, 0.15) is 11.1 Å². The third-order valence-corrected chi connectivity index (χ3v) is 4.76. The number of hydrogen-bond acceptors (Lipinski definition) is 3. The van der Waals surface area contributed by atoms with Gasteiger partial charge in [0.05, 0.1) is 10.6 Å². The molecule has 0 heterocycles. The van der Waals surface area contributed by atoms with Crippen molar-refractivity contribution in [2.24, 2.45) is 5.73 Å². The van der Waals surface area contributed by atoms with Crippen molar-refractivity contribution in [3.8, 4) is 0 Å². The van der Waals surface area contributed by atoms with Gasteiger partial charge in [-0.25, -0.2) is 8.42 Å². The van der Waals surface area contributed by atoms with E-state index < -0.39 is 10.0 Å². The summed E-state index contributed by atoms with van der Waals surface area (Å²) < 4.78 is 27.6. The number of rotatable bonds is 4. The van der Waals surface area contributed by atoms with Crippen molar-refractivity contribution >= 4 is 44.5 Å². The molecule has 0 aromatic heterocycles. The maximum absolute atomic E-state index is 12.5. The second-order valence-corrected chi connectivity index (χ2v) is 6.95. The summed E-state index contributed by atoms with van der Waals surface area (Å²) in [7, 11) is -3.80. The zero-order chi connectivity index (χ0) is 15.6. The maximum atomic E-state index is 12.5. The largest absolute Gasteiger partial charge is 0.389 e. The van der Waals surface area contributed by atoms with Crippen LogP contribution >= 0.6 is 23.8 Å². The van der Waals surface area contributed by atoms with Gasteiger partial charge in [0.1, 0.15) is 4.99 Å². The van der Waals surface area contributed by atoms with Gasteiger partial charge in [0.2, 0.25) is 0 Å². The van der Waals surface area contributed by atoms with Crippen LogP contribution in [0.15, 0.2) is 47.4 Å². The number of aryl methyl sites for hydroxylation is 1. The Bertz CT molecular complexity index is 804. The number of nitrogens with two attached hydrogens (primary N) is 1. The molecule has 0 spiro atoms. The molecule has 110 valence electrons. The number of hydrogen-bond donors (Lipinski definition) is 2. The fraction of sp³-hybridized carbons (Fsp3) is 0.0714. The summed E-state index contributed by atoms with van der Waals surface area (Å²) in [4.78, 5) is 0.0654. The number of thiocarbonyl (C=S) groups is 1. The summed E-state index contributed by atoms with van der Waals surface area (Å²) in [5.74, 6) is 0. The van der Waals surface area contributed by atoms with E-state index in [1.54, 1.807) is 43.3 Å². The Morgan fingerprint density at radius 2 is 1.90 bits per heavy atom. The lowest BCUT2D eigenvalue weighted by atomic mass is 10.2. The number of halogens is 1. The third-order valence-electron chi connectivity index (χ3n) is 2.89. The van der Waals surface area contributed by atoms with Gasteiger partial charge in [0, 0.05) is 10.6 Å². The molecule has 3 N–H and O–H groups in total. The average Bonchev–Trinajstić information content (AvgIpc) is 2.42. The van der Waals surface area contributed by atoms with Crippen LogP contribution in [0.5, 0.6) is 0 Å². The second kappa shape index (κ2) is 6.01. The minimum atomic E-state index is -3.80. The first-order valence-electron chi connectivity index (χ1n) is 5.99. The summed E-state index contributed by atoms with van der Waals surface area (Å²) in [6, 6.07) is 11.3. The Hall–Kier alpha value is -1.63. The predicted octanol–water partition coefficient (Wildman–Crippen LogP) is 3.08. The van der Waals surface area contributed by atoms with E-state index in [0.717, 1.165) is 5.56 Å². The molecule has 7 heteroatoms. The van der Waals surface area contributed by atoms with E-state index >= 15 is 0 Å². The Kier molecular flexibility index (Phi) is 4.51. The predicted molar refractivity (Wildman–Crippen MR) is 89.3 cm³/mol. The lowest BCUT2D eigenvalue weighted by molar-refractivity contribution is 0.601. The van der Waals surface area contributed by atoms with Crippen LogP contribution in [0, 0.1) is 6.92 Å². The summed E-state index contributed by atoms with van der Waals surface area (Å²) in [6.45, 7) is 1.79. The highest BCUT2D eigenvalue weighted by molar-refractivity contribution is 7.93. The smallest absolute Gasteiger partial charge is 0.262 e. The Morgan fingerprint density at radius 1 is 1.24 bits per heavy atom. The molecule has 2 aromatic rings. The SMILES string of the molecule is Cc1ccc(Cl)cc1NS(=O)(=O)c1ccccc1C(N)=S. The molecule has 4 nitrogen and oxygen atoms in total. The first-order chi connectivity index (χ1) is 9.81. The van der Waals surface area contributed by atoms with E-state index in [0.29, 0.717) is 16.3 Å². The highest BCUT2D eigenvalue weighted by atomic mass is 35.5. The fourth-order valence-corrected chi connectivity index (χ4v) is 3.57. The number of anilines is 1. The second-order valence-electron chi connectivity index (χ2n) is 4.43. The van der Waals surface area contributed by atoms with Crippen LogP contribution in [-0.2, 0) is 10.0 Å². The minimum Gasteiger partial charge on any atom is -0.389 e. The topological polar surface area (TPSA) is 72.2 Å². The third kappa shape index (κ3) is 3.53. The van der Waals surface area contributed by atoms with E-state index in [1.807, 2.05) is 0 Å². The molecular weight excluding hydrogens is 328 g/mol. The summed E-state index contributed by atoms with van der Waals surface area (Å²) in [5, 5.41) is 0.445. The van der Waals surface area contributed by atoms with Gasteiger partial charge in [-0.3, -0.25) is 4.72 Å². The standard InChI is InChI=1S/C14H13ClN2O2S2/c1-9-6-7-10(15)8-12(9)17-21(18,19)13-5-3-2-4-11(13)14(16)20/h2-8,17H,1H3,(H2,16,20). The van der Waals surface area contributed by atoms with Crippen LogP contribution in [0.3, 0.4) is 0 Å². The van der Waals surface area contributed by atoms with Crippen LogP contribution in [0.2, 0.25) is 5.02 Å². The van der Waals surface area contributed by atoms with Gasteiger partial charge in [0.15, 0.2) is 0 Å². The lowest BCUT2D eigenvalue weighted by Gasteiger charge is -2.13. The van der Waals surface area contributed by atoms with Crippen LogP contribution in [0.25, 0.3) is 0 Å². The molecule has 0 fully saturated rings. The molecule has 0 aliphatic rings. The number of nitrogens with one attached hydrogen (secondary N) is 1. The number of benzene rings is 2. The van der Waals surface area contributed by atoms with Crippen molar-refractivity contribution < 1.29 is 8.42 Å². The zero-order valence-electron chi connectivity index (χ0n) is 11.1. The van der Waals surface area contributed by atoms with Crippen LogP contribution in [-0.4, -0.2) is 13.4 Å². The van der Waals surface area contributed by atoms with E-state index in [2.05, 4.69) is 4.72 Å². The molecule has 0 saturated carbocycles. The maximum Gasteiger partial charge on any atom is 0.262 e. The van der Waals surface area contributed by atoms with E-state index in [4.69, 9.17) is 29.6 Å². The van der Waals surface area contributed by atoms with Gasteiger partial charge in [-0.2, -0.15) is 0 Å². The quantitative estimate of drug-likeness (QED) is 0.839. The minimum absolute atomic E-state index is 0.0267. The van der Waals surface area contributed by atoms with Crippen molar-refractivity contribution in [3.05, 3.63) is 58.6 Å². The van der Waals surface area contributed by atoms with Gasteiger partial charge >= 0.3 is 0 Å². The first-order valence-corrected chi connectivity index (χ1v) is 8.26. The normalized spacial score (nSPS) is 11.1. The molecule has 0 saturated heterocycles. The molecule has 0 aliphatic heterocycles. The fourth-order valence-electron chi connectivity index (χ4n) is 1.81. The molecule has 0 amide bonds. The average molecular weight is 341 g/mol. The van der Waals surface area contributed by atoms with Gasteiger partial charge < -0.3 is 5.73 Å². The highest BCUT2D eigenvalue weighted by Gasteiger charge is 2.20. The molecule has 0 atom stereocenters. The van der Waals surface area contributed by atoms with E-state index in [-0.39, 0.29) is 9.88 Å². The number of sulfonamides is 1. The molecule has 2 aromatic carbocycles. The molecular formula is C14H13ClN2O2S2. The molecule has 0 radical (unpaired) electrons. The van der Waals surface area contributed by atoms with Gasteiger partial charge in [-0.15, -0.1) is 0 Å². The van der Waals surface area contributed by atoms with Crippen molar-refractivity contribution in [2.45, 2.75) is 11.8 Å². The van der Waals surface area contributed by atoms with Crippen molar-refractivity contribution in [2.75, 3.05) is 4.72 Å². The van der Waals surface area contributed by atoms with Gasteiger partial charge in [-0.05, 0) is 30.7 Å². The first kappa shape index (κ1) is 15.8. The van der Waals surface area contributed by atoms with Gasteiger partial charge in [-0.1, -0.05) is 48.1 Å². The lowest BCUT2D eigenvalue weighted by Crippen LogP contribution is -2.20. The van der Waals surface area contributed by atoms with Crippen molar-refractivity contribution in [1.29, 1.82) is 0 Å². The molecule has 2 rings (SSSR count). The zero-order valence-corrected chi connectivity index (χ0v) is 13.5. The van der Waals surface area contributed by atoms with Gasteiger partial charge in [0.25, 0.3) is 10.0 Å². The molecule has 0 bridgehead atoms. The van der Waals surface area contributed by atoms with Crippen molar-refractivity contribution in [1.82, 2.24) is 0 Å². The van der Waals surface area contributed by atoms with E-state index in [9.17, 15) is 8.42 Å². The molecule has 0 unspecified atom stereocenters. The Morgan fingerprint density at radius 3 is 2.57 bits per heavy atom. The highest BCUT2D eigenvalue weighted by Crippen LogP contribution is 2.24. The molecule has 21 heavy (non-hydrogen) atoms. The van der Waals surface area contributed by atoms with Crippen molar-refractivity contribution in [3.63, 3.8) is 0 Å². The van der Waals surface area contributed by atoms with Crippen LogP contribution < -0.4 is 10.5 Å². The summed E-state index contributed by atoms with van der Waals surface area (Å²) >= 11 is 10.8. The summed E-state index contributed by atoms with van der Waals surface area (Å²) in [6.07, 6.45) is 0. The monoisotopic (exact) mass is 340 g/mol.